The summed E-state index contributed by atoms with van der Waals surface area (Å²) >= 11 is 0. The second-order valence-electron chi connectivity index (χ2n) is 4.90. The molecule has 1 saturated heterocycles. The summed E-state index contributed by atoms with van der Waals surface area (Å²) in [6, 6.07) is 0. The summed E-state index contributed by atoms with van der Waals surface area (Å²) in [6.45, 7) is 0.331. The molecule has 2 aliphatic rings. The lowest BCUT2D eigenvalue weighted by molar-refractivity contribution is -0.301. The van der Waals surface area contributed by atoms with E-state index in [4.69, 9.17) is 9.84 Å². The quantitative estimate of drug-likeness (QED) is 0.739. The standard InChI is InChI=1S/C10H15F3O2/c11-10(12,13)9(7-14)5-8(6-9)1-3-15-4-2-8/h14H,1-7H2. The number of aliphatic hydroxyl groups is 1. The SMILES string of the molecule is OCC1(C(F)(F)F)CC2(CCOCC2)C1. The molecule has 1 N–H and O–H groups in total. The third kappa shape index (κ3) is 1.65. The highest BCUT2D eigenvalue weighted by Gasteiger charge is 2.66. The van der Waals surface area contributed by atoms with E-state index in [1.165, 1.54) is 0 Å². The van der Waals surface area contributed by atoms with Gasteiger partial charge in [0.15, 0.2) is 0 Å². The fourth-order valence-corrected chi connectivity index (χ4v) is 2.94. The van der Waals surface area contributed by atoms with Crippen LogP contribution >= 0.6 is 0 Å². The van der Waals surface area contributed by atoms with Crippen LogP contribution in [-0.2, 0) is 4.74 Å². The summed E-state index contributed by atoms with van der Waals surface area (Å²) in [5, 5.41) is 8.93. The van der Waals surface area contributed by atoms with Gasteiger partial charge in [0.1, 0.15) is 0 Å². The molecule has 0 amide bonds. The van der Waals surface area contributed by atoms with E-state index in [9.17, 15) is 13.2 Å². The molecule has 0 radical (unpaired) electrons. The van der Waals surface area contributed by atoms with E-state index < -0.39 is 18.2 Å². The number of hydrogen-bond donors (Lipinski definition) is 1. The largest absolute Gasteiger partial charge is 0.396 e. The van der Waals surface area contributed by atoms with E-state index in [-0.39, 0.29) is 18.3 Å². The van der Waals surface area contributed by atoms with Gasteiger partial charge in [0.2, 0.25) is 0 Å². The predicted octanol–water partition coefficient (Wildman–Crippen LogP) is 2.12. The van der Waals surface area contributed by atoms with Crippen LogP contribution in [0.1, 0.15) is 25.7 Å². The Bertz CT molecular complexity index is 236. The molecule has 2 fully saturated rings. The van der Waals surface area contributed by atoms with Crippen LogP contribution < -0.4 is 0 Å². The van der Waals surface area contributed by atoms with Crippen molar-refractivity contribution in [2.45, 2.75) is 31.9 Å². The maximum Gasteiger partial charge on any atom is 0.396 e. The number of ether oxygens (including phenoxy) is 1. The highest BCUT2D eigenvalue weighted by atomic mass is 19.4. The van der Waals surface area contributed by atoms with E-state index in [2.05, 4.69) is 0 Å². The van der Waals surface area contributed by atoms with Gasteiger partial charge in [0, 0.05) is 13.2 Å². The topological polar surface area (TPSA) is 29.5 Å². The Kier molecular flexibility index (Phi) is 2.50. The molecule has 0 unspecified atom stereocenters. The van der Waals surface area contributed by atoms with Gasteiger partial charge in [-0.3, -0.25) is 0 Å². The van der Waals surface area contributed by atoms with Crippen LogP contribution in [0.5, 0.6) is 0 Å². The van der Waals surface area contributed by atoms with Gasteiger partial charge in [0.25, 0.3) is 0 Å². The Morgan fingerprint density at radius 3 is 2.07 bits per heavy atom. The summed E-state index contributed by atoms with van der Waals surface area (Å²) in [4.78, 5) is 0. The molecule has 5 heteroatoms. The maximum atomic E-state index is 12.7. The summed E-state index contributed by atoms with van der Waals surface area (Å²) in [7, 11) is 0. The monoisotopic (exact) mass is 224 g/mol. The highest BCUT2D eigenvalue weighted by Crippen LogP contribution is 2.64. The van der Waals surface area contributed by atoms with Crippen molar-refractivity contribution in [3.05, 3.63) is 0 Å². The van der Waals surface area contributed by atoms with Crippen LogP contribution in [0.15, 0.2) is 0 Å². The van der Waals surface area contributed by atoms with Crippen molar-refractivity contribution in [2.24, 2.45) is 10.8 Å². The number of hydrogen-bond acceptors (Lipinski definition) is 2. The second kappa shape index (κ2) is 3.35. The van der Waals surface area contributed by atoms with Gasteiger partial charge in [0.05, 0.1) is 12.0 Å². The lowest BCUT2D eigenvalue weighted by Gasteiger charge is -2.57. The number of rotatable bonds is 1. The molecular formula is C10H15F3O2. The van der Waals surface area contributed by atoms with Gasteiger partial charge < -0.3 is 9.84 Å². The van der Waals surface area contributed by atoms with E-state index in [0.29, 0.717) is 26.1 Å². The fraction of sp³-hybridized carbons (Fsp3) is 1.00. The maximum absolute atomic E-state index is 12.7. The molecule has 0 aromatic carbocycles. The summed E-state index contributed by atoms with van der Waals surface area (Å²) < 4.78 is 43.3. The van der Waals surface area contributed by atoms with Gasteiger partial charge in [-0.2, -0.15) is 13.2 Å². The van der Waals surface area contributed by atoms with Crippen molar-refractivity contribution in [3.63, 3.8) is 0 Å². The Balaban J connectivity index is 2.05. The molecule has 0 aromatic heterocycles. The molecule has 1 saturated carbocycles. The minimum atomic E-state index is -4.27. The zero-order valence-corrected chi connectivity index (χ0v) is 8.44. The van der Waals surface area contributed by atoms with Crippen molar-refractivity contribution in [1.29, 1.82) is 0 Å². The average molecular weight is 224 g/mol. The van der Waals surface area contributed by atoms with Gasteiger partial charge in [-0.05, 0) is 31.1 Å². The minimum Gasteiger partial charge on any atom is -0.395 e. The lowest BCUT2D eigenvalue weighted by atomic mass is 9.50. The van der Waals surface area contributed by atoms with Crippen molar-refractivity contribution >= 4 is 0 Å². The summed E-state index contributed by atoms with van der Waals surface area (Å²) in [5.41, 5.74) is -2.04. The van der Waals surface area contributed by atoms with Gasteiger partial charge in [-0.1, -0.05) is 0 Å². The van der Waals surface area contributed by atoms with Gasteiger partial charge in [-0.15, -0.1) is 0 Å². The molecule has 2 rings (SSSR count). The molecule has 0 atom stereocenters. The molecule has 1 spiro atoms. The molecular weight excluding hydrogens is 209 g/mol. The minimum absolute atomic E-state index is 0.0728. The van der Waals surface area contributed by atoms with Crippen molar-refractivity contribution in [1.82, 2.24) is 0 Å². The smallest absolute Gasteiger partial charge is 0.395 e. The molecule has 88 valence electrons. The zero-order valence-electron chi connectivity index (χ0n) is 8.44. The van der Waals surface area contributed by atoms with Crippen molar-refractivity contribution in [2.75, 3.05) is 19.8 Å². The predicted molar refractivity (Wildman–Crippen MR) is 47.3 cm³/mol. The molecule has 0 aromatic rings. The Morgan fingerprint density at radius 2 is 1.67 bits per heavy atom. The number of alkyl halides is 3. The molecule has 1 aliphatic heterocycles. The Morgan fingerprint density at radius 1 is 1.13 bits per heavy atom. The molecule has 0 bridgehead atoms. The van der Waals surface area contributed by atoms with Crippen LogP contribution in [0.4, 0.5) is 13.2 Å². The summed E-state index contributed by atoms with van der Waals surface area (Å²) in [6.07, 6.45) is -2.73. The van der Waals surface area contributed by atoms with Crippen LogP contribution in [0, 0.1) is 10.8 Å². The van der Waals surface area contributed by atoms with E-state index in [1.54, 1.807) is 0 Å². The first-order chi connectivity index (χ1) is 6.93. The lowest BCUT2D eigenvalue weighted by Crippen LogP contribution is -2.58. The first kappa shape index (κ1) is 11.2. The summed E-state index contributed by atoms with van der Waals surface area (Å²) in [5.74, 6) is 0. The molecule has 2 nitrogen and oxygen atoms in total. The van der Waals surface area contributed by atoms with Crippen LogP contribution in [0.2, 0.25) is 0 Å². The van der Waals surface area contributed by atoms with Gasteiger partial charge in [-0.25, -0.2) is 0 Å². The van der Waals surface area contributed by atoms with E-state index >= 15 is 0 Å². The molecule has 1 heterocycles. The van der Waals surface area contributed by atoms with Crippen LogP contribution in [0.25, 0.3) is 0 Å². The third-order valence-corrected chi connectivity index (χ3v) is 3.88. The first-order valence-electron chi connectivity index (χ1n) is 5.19. The number of halogens is 3. The normalized spacial score (nSPS) is 28.8. The van der Waals surface area contributed by atoms with Crippen molar-refractivity contribution < 1.29 is 23.0 Å². The Labute approximate surface area is 86.4 Å². The second-order valence-corrected chi connectivity index (χ2v) is 4.90. The van der Waals surface area contributed by atoms with Crippen molar-refractivity contribution in [3.8, 4) is 0 Å². The number of aliphatic hydroxyl groups excluding tert-OH is 1. The molecule has 1 aliphatic carbocycles. The Hall–Kier alpha value is -0.290. The van der Waals surface area contributed by atoms with E-state index in [1.807, 2.05) is 0 Å². The van der Waals surface area contributed by atoms with Gasteiger partial charge >= 0.3 is 6.18 Å². The zero-order chi connectivity index (χ0) is 11.2. The third-order valence-electron chi connectivity index (χ3n) is 3.88. The highest BCUT2D eigenvalue weighted by molar-refractivity contribution is 5.07. The average Bonchev–Trinajstić information content (AvgIpc) is 2.13. The van der Waals surface area contributed by atoms with Crippen LogP contribution in [0.3, 0.4) is 0 Å². The fourth-order valence-electron chi connectivity index (χ4n) is 2.94. The van der Waals surface area contributed by atoms with Crippen LogP contribution in [-0.4, -0.2) is 31.1 Å². The first-order valence-corrected chi connectivity index (χ1v) is 5.19. The molecule has 15 heavy (non-hydrogen) atoms. The van der Waals surface area contributed by atoms with E-state index in [0.717, 1.165) is 0 Å².